The van der Waals surface area contributed by atoms with E-state index in [0.29, 0.717) is 44.6 Å². The smallest absolute Gasteiger partial charge is 0.173 e. The summed E-state index contributed by atoms with van der Waals surface area (Å²) >= 11 is 12.0. The Bertz CT molecular complexity index is 869. The molecule has 0 bridgehead atoms. The van der Waals surface area contributed by atoms with Gasteiger partial charge in [0.05, 0.1) is 10.0 Å². The van der Waals surface area contributed by atoms with Crippen LogP contribution in [0.15, 0.2) is 42.7 Å². The number of rotatable bonds is 0. The van der Waals surface area contributed by atoms with Crippen LogP contribution in [-0.2, 0) is 0 Å². The monoisotopic (exact) mass is 332 g/mol. The highest BCUT2D eigenvalue weighted by molar-refractivity contribution is 6.42. The fraction of sp³-hybridized carbons (Fsp3) is 0.0588. The lowest BCUT2D eigenvalue weighted by Crippen LogP contribution is -2.05. The SMILES string of the molecule is C=C1C=C(C)c2cc3c(cc2O1)Oc1cc(Cl)c(Cl)cc1O3. The molecule has 0 aliphatic carbocycles. The Morgan fingerprint density at radius 3 is 1.95 bits per heavy atom. The quantitative estimate of drug-likeness (QED) is 0.490. The van der Waals surface area contributed by atoms with Crippen molar-refractivity contribution in [3.63, 3.8) is 0 Å². The molecule has 0 amide bonds. The zero-order chi connectivity index (χ0) is 15.4. The Morgan fingerprint density at radius 2 is 1.32 bits per heavy atom. The van der Waals surface area contributed by atoms with Crippen molar-refractivity contribution in [3.05, 3.63) is 58.3 Å². The lowest BCUT2D eigenvalue weighted by atomic mass is 10.0. The predicted molar refractivity (Wildman–Crippen MR) is 86.5 cm³/mol. The molecule has 0 N–H and O–H groups in total. The molecule has 110 valence electrons. The Kier molecular flexibility index (Phi) is 2.90. The van der Waals surface area contributed by atoms with Crippen LogP contribution in [0.25, 0.3) is 5.57 Å². The van der Waals surface area contributed by atoms with E-state index in [-0.39, 0.29) is 0 Å². The molecule has 0 saturated carbocycles. The van der Waals surface area contributed by atoms with Crippen molar-refractivity contribution in [2.24, 2.45) is 0 Å². The third-order valence-electron chi connectivity index (χ3n) is 3.52. The van der Waals surface area contributed by atoms with Gasteiger partial charge in [-0.2, -0.15) is 0 Å². The first-order valence-corrected chi connectivity index (χ1v) is 7.35. The lowest BCUT2D eigenvalue weighted by Gasteiger charge is -2.25. The number of ether oxygens (including phenoxy) is 3. The van der Waals surface area contributed by atoms with Crippen LogP contribution in [-0.4, -0.2) is 0 Å². The fourth-order valence-electron chi connectivity index (χ4n) is 2.49. The Labute approximate surface area is 137 Å². The van der Waals surface area contributed by atoms with E-state index in [2.05, 4.69) is 6.58 Å². The zero-order valence-corrected chi connectivity index (χ0v) is 13.1. The van der Waals surface area contributed by atoms with Gasteiger partial charge in [0.25, 0.3) is 0 Å². The molecule has 22 heavy (non-hydrogen) atoms. The number of benzene rings is 2. The molecule has 0 spiro atoms. The van der Waals surface area contributed by atoms with Gasteiger partial charge in [-0.3, -0.25) is 0 Å². The molecule has 2 aliphatic heterocycles. The van der Waals surface area contributed by atoms with E-state index < -0.39 is 0 Å². The first-order chi connectivity index (χ1) is 10.5. The van der Waals surface area contributed by atoms with E-state index in [1.807, 2.05) is 19.1 Å². The second-order valence-corrected chi connectivity index (χ2v) is 5.92. The second kappa shape index (κ2) is 4.70. The minimum Gasteiger partial charge on any atom is -0.457 e. The van der Waals surface area contributed by atoms with Gasteiger partial charge in [-0.1, -0.05) is 29.8 Å². The maximum absolute atomic E-state index is 6.02. The largest absolute Gasteiger partial charge is 0.457 e. The van der Waals surface area contributed by atoms with Gasteiger partial charge in [-0.05, 0) is 24.6 Å². The van der Waals surface area contributed by atoms with Gasteiger partial charge in [0, 0.05) is 23.8 Å². The van der Waals surface area contributed by atoms with Crippen molar-refractivity contribution in [2.45, 2.75) is 6.92 Å². The van der Waals surface area contributed by atoms with Gasteiger partial charge in [0.15, 0.2) is 23.0 Å². The van der Waals surface area contributed by atoms with Gasteiger partial charge in [0.2, 0.25) is 0 Å². The van der Waals surface area contributed by atoms with Crippen molar-refractivity contribution >= 4 is 28.8 Å². The molecule has 2 aromatic rings. The summed E-state index contributed by atoms with van der Waals surface area (Å²) in [6, 6.07) is 6.95. The number of allylic oxidation sites excluding steroid dienone is 2. The molecule has 5 heteroatoms. The third-order valence-corrected chi connectivity index (χ3v) is 4.24. The van der Waals surface area contributed by atoms with Crippen LogP contribution < -0.4 is 14.2 Å². The number of fused-ring (bicyclic) bond motifs is 3. The summed E-state index contributed by atoms with van der Waals surface area (Å²) in [5, 5.41) is 0.829. The first-order valence-electron chi connectivity index (χ1n) is 6.59. The number of hydrogen-bond acceptors (Lipinski definition) is 3. The highest BCUT2D eigenvalue weighted by Crippen LogP contribution is 2.51. The predicted octanol–water partition coefficient (Wildman–Crippen LogP) is 6.20. The van der Waals surface area contributed by atoms with Crippen LogP contribution in [0.4, 0.5) is 0 Å². The third kappa shape index (κ3) is 2.05. The highest BCUT2D eigenvalue weighted by Gasteiger charge is 2.25. The Morgan fingerprint density at radius 1 is 0.773 bits per heavy atom. The van der Waals surface area contributed by atoms with Crippen molar-refractivity contribution in [3.8, 4) is 28.7 Å². The molecule has 2 heterocycles. The highest BCUT2D eigenvalue weighted by atomic mass is 35.5. The van der Waals surface area contributed by atoms with Crippen LogP contribution in [0.3, 0.4) is 0 Å². The average Bonchev–Trinajstić information content (AvgIpc) is 2.45. The van der Waals surface area contributed by atoms with Gasteiger partial charge in [0.1, 0.15) is 11.5 Å². The maximum Gasteiger partial charge on any atom is 0.173 e. The minimum atomic E-state index is 0.411. The molecule has 0 unspecified atom stereocenters. The van der Waals surface area contributed by atoms with Crippen LogP contribution in [0.1, 0.15) is 12.5 Å². The number of hydrogen-bond donors (Lipinski definition) is 0. The molecule has 0 radical (unpaired) electrons. The van der Waals surface area contributed by atoms with Gasteiger partial charge < -0.3 is 14.2 Å². The van der Waals surface area contributed by atoms with Crippen LogP contribution in [0.5, 0.6) is 28.7 Å². The Hall–Kier alpha value is -2.10. The molecule has 0 aromatic heterocycles. The van der Waals surface area contributed by atoms with Crippen molar-refractivity contribution in [1.82, 2.24) is 0 Å². The fourth-order valence-corrected chi connectivity index (χ4v) is 2.80. The van der Waals surface area contributed by atoms with Gasteiger partial charge >= 0.3 is 0 Å². The van der Waals surface area contributed by atoms with E-state index in [1.165, 1.54) is 0 Å². The standard InChI is InChI=1S/C17H10Cl2O3/c1-8-3-9(2)20-13-7-17-14(4-10(8)13)21-15-5-11(18)12(19)6-16(15)22-17/h3-7H,2H2,1H3. The molecule has 0 saturated heterocycles. The molecular weight excluding hydrogens is 323 g/mol. The van der Waals surface area contributed by atoms with Crippen LogP contribution >= 0.6 is 23.2 Å². The maximum atomic E-state index is 6.02. The van der Waals surface area contributed by atoms with Crippen LogP contribution in [0, 0.1) is 0 Å². The normalized spacial score (nSPS) is 14.7. The number of halogens is 2. The second-order valence-electron chi connectivity index (χ2n) is 5.11. The summed E-state index contributed by atoms with van der Waals surface area (Å²) in [6.07, 6.45) is 1.88. The average molecular weight is 333 g/mol. The van der Waals surface area contributed by atoms with E-state index in [0.717, 1.165) is 11.1 Å². The summed E-state index contributed by atoms with van der Waals surface area (Å²) in [4.78, 5) is 0. The first kappa shape index (κ1) is 13.6. The molecule has 0 atom stereocenters. The summed E-state index contributed by atoms with van der Waals surface area (Å²) in [5.74, 6) is 3.50. The Balaban J connectivity index is 1.83. The molecular formula is C17H10Cl2O3. The van der Waals surface area contributed by atoms with Crippen molar-refractivity contribution in [1.29, 1.82) is 0 Å². The molecule has 2 aromatic carbocycles. The summed E-state index contributed by atoms with van der Waals surface area (Å²) < 4.78 is 17.4. The molecule has 0 fully saturated rings. The van der Waals surface area contributed by atoms with Crippen molar-refractivity contribution in [2.75, 3.05) is 0 Å². The minimum absolute atomic E-state index is 0.411. The van der Waals surface area contributed by atoms with Gasteiger partial charge in [-0.15, -0.1) is 0 Å². The zero-order valence-electron chi connectivity index (χ0n) is 11.6. The van der Waals surface area contributed by atoms with Gasteiger partial charge in [-0.25, -0.2) is 0 Å². The van der Waals surface area contributed by atoms with Crippen molar-refractivity contribution < 1.29 is 14.2 Å². The summed E-state index contributed by atoms with van der Waals surface area (Å²) in [5.41, 5.74) is 2.00. The topological polar surface area (TPSA) is 27.7 Å². The van der Waals surface area contributed by atoms with Crippen LogP contribution in [0.2, 0.25) is 10.0 Å². The molecule has 2 aliphatic rings. The van der Waals surface area contributed by atoms with E-state index in [9.17, 15) is 0 Å². The summed E-state index contributed by atoms with van der Waals surface area (Å²) in [7, 11) is 0. The van der Waals surface area contributed by atoms with E-state index >= 15 is 0 Å². The lowest BCUT2D eigenvalue weighted by molar-refractivity contribution is 0.354. The molecule has 3 nitrogen and oxygen atoms in total. The molecule has 4 rings (SSSR count). The summed E-state index contributed by atoms with van der Waals surface area (Å²) in [6.45, 7) is 5.82. The van der Waals surface area contributed by atoms with E-state index in [1.54, 1.807) is 18.2 Å². The van der Waals surface area contributed by atoms with E-state index in [4.69, 9.17) is 37.4 Å².